The summed E-state index contributed by atoms with van der Waals surface area (Å²) in [5.74, 6) is -1.66. The fourth-order valence-corrected chi connectivity index (χ4v) is 3.33. The summed E-state index contributed by atoms with van der Waals surface area (Å²) in [5, 5.41) is 10.1. The van der Waals surface area contributed by atoms with Crippen LogP contribution in [0.5, 0.6) is 0 Å². The highest BCUT2D eigenvalue weighted by Gasteiger charge is 2.19. The molecule has 0 aliphatic heterocycles. The summed E-state index contributed by atoms with van der Waals surface area (Å²) in [5.41, 5.74) is 0.488. The van der Waals surface area contributed by atoms with Crippen LogP contribution < -0.4 is 16.2 Å². The first kappa shape index (κ1) is 23.6. The molecule has 2 N–H and O–H groups in total. The molecule has 0 bridgehead atoms. The maximum absolute atomic E-state index is 12.8. The van der Waals surface area contributed by atoms with Crippen LogP contribution in [0, 0.1) is 0 Å². The first-order valence-corrected chi connectivity index (χ1v) is 10.7. The van der Waals surface area contributed by atoms with Crippen LogP contribution in [0.3, 0.4) is 0 Å². The number of anilines is 1. The van der Waals surface area contributed by atoms with Gasteiger partial charge in [0.1, 0.15) is 0 Å². The van der Waals surface area contributed by atoms with Crippen molar-refractivity contribution in [2.75, 3.05) is 19.0 Å². The molecule has 2 aromatic carbocycles. The molecule has 0 saturated carbocycles. The van der Waals surface area contributed by atoms with E-state index >= 15 is 0 Å². The summed E-state index contributed by atoms with van der Waals surface area (Å²) in [6, 6.07) is 13.1. The van der Waals surface area contributed by atoms with Crippen molar-refractivity contribution < 1.29 is 19.1 Å². The number of nitrogens with one attached hydrogen (secondary N) is 2. The largest absolute Gasteiger partial charge is 0.451 e. The quantitative estimate of drug-likeness (QED) is 0.382. The average Bonchev–Trinajstić information content (AvgIpc) is 2.83. The van der Waals surface area contributed by atoms with Crippen molar-refractivity contribution in [1.29, 1.82) is 0 Å². The molecule has 2 amide bonds. The highest BCUT2D eigenvalue weighted by molar-refractivity contribution is 6.03. The number of fused-ring (bicyclic) bond motifs is 1. The Morgan fingerprint density at radius 2 is 1.79 bits per heavy atom. The van der Waals surface area contributed by atoms with Gasteiger partial charge in [0.25, 0.3) is 17.4 Å². The zero-order chi connectivity index (χ0) is 23.8. The van der Waals surface area contributed by atoms with E-state index in [-0.39, 0.29) is 17.2 Å². The molecule has 9 heteroatoms. The third-order valence-electron chi connectivity index (χ3n) is 5.00. The van der Waals surface area contributed by atoms with Gasteiger partial charge in [-0.05, 0) is 30.7 Å². The lowest BCUT2D eigenvalue weighted by molar-refractivity contribution is -0.119. The number of unbranched alkanes of at least 4 members (excludes halogenated alkanes) is 2. The highest BCUT2D eigenvalue weighted by atomic mass is 16.5. The summed E-state index contributed by atoms with van der Waals surface area (Å²) in [6.07, 6.45) is 2.67. The van der Waals surface area contributed by atoms with Crippen molar-refractivity contribution >= 4 is 34.2 Å². The summed E-state index contributed by atoms with van der Waals surface area (Å²) in [7, 11) is 1.51. The van der Waals surface area contributed by atoms with Crippen LogP contribution in [0.25, 0.3) is 10.8 Å². The number of carbonyl (C=O) groups is 3. The van der Waals surface area contributed by atoms with E-state index in [1.165, 1.54) is 17.8 Å². The number of ether oxygens (including phenoxy) is 1. The summed E-state index contributed by atoms with van der Waals surface area (Å²) < 4.78 is 6.46. The van der Waals surface area contributed by atoms with Gasteiger partial charge in [-0.1, -0.05) is 44.0 Å². The zero-order valence-electron chi connectivity index (χ0n) is 18.6. The number of hydrogen-bond acceptors (Lipinski definition) is 6. The maximum atomic E-state index is 12.8. The number of nitrogens with zero attached hydrogens (tertiary/aromatic N) is 2. The molecule has 0 atom stereocenters. The third kappa shape index (κ3) is 5.82. The van der Waals surface area contributed by atoms with E-state index in [0.29, 0.717) is 28.6 Å². The Hall–Kier alpha value is -4.01. The smallest absolute Gasteiger partial charge is 0.359 e. The minimum Gasteiger partial charge on any atom is -0.451 e. The van der Waals surface area contributed by atoms with Gasteiger partial charge in [0.05, 0.1) is 5.39 Å². The predicted molar refractivity (Wildman–Crippen MR) is 124 cm³/mol. The van der Waals surface area contributed by atoms with Gasteiger partial charge < -0.3 is 15.4 Å². The van der Waals surface area contributed by atoms with Crippen molar-refractivity contribution in [2.45, 2.75) is 32.7 Å². The van der Waals surface area contributed by atoms with Gasteiger partial charge >= 0.3 is 5.97 Å². The summed E-state index contributed by atoms with van der Waals surface area (Å²) in [4.78, 5) is 49.5. The van der Waals surface area contributed by atoms with Crippen LogP contribution in [-0.2, 0) is 16.1 Å². The van der Waals surface area contributed by atoms with E-state index in [0.717, 1.165) is 19.3 Å². The molecule has 1 aromatic heterocycles. The van der Waals surface area contributed by atoms with E-state index in [2.05, 4.69) is 22.7 Å². The first-order valence-electron chi connectivity index (χ1n) is 10.7. The standard InChI is InChI=1S/C24H26N4O5/c1-3-4-7-13-28-23(31)19-12-6-5-11-18(19)21(27-28)24(32)33-15-20(29)26-17-10-8-9-16(14-17)22(30)25-2/h5-6,8-12,14H,3-4,7,13,15H2,1-2H3,(H,25,30)(H,26,29). The van der Waals surface area contributed by atoms with Gasteiger partial charge in [0.2, 0.25) is 0 Å². The number of hydrogen-bond donors (Lipinski definition) is 2. The Bertz CT molecular complexity index is 1230. The second-order valence-corrected chi connectivity index (χ2v) is 7.41. The Morgan fingerprint density at radius 1 is 1.03 bits per heavy atom. The van der Waals surface area contributed by atoms with Crippen LogP contribution in [0.4, 0.5) is 5.69 Å². The monoisotopic (exact) mass is 450 g/mol. The number of aromatic nitrogens is 2. The number of esters is 1. The molecule has 0 saturated heterocycles. The summed E-state index contributed by atoms with van der Waals surface area (Å²) in [6.45, 7) is 1.90. The predicted octanol–water partition coefficient (Wildman–Crippen LogP) is 2.74. The van der Waals surface area contributed by atoms with Crippen molar-refractivity contribution in [2.24, 2.45) is 0 Å². The first-order chi connectivity index (χ1) is 15.9. The fraction of sp³-hybridized carbons (Fsp3) is 0.292. The minimum atomic E-state index is -0.801. The molecule has 0 unspecified atom stereocenters. The molecule has 3 aromatic rings. The van der Waals surface area contributed by atoms with E-state index < -0.39 is 18.5 Å². The molecule has 3 rings (SSSR count). The number of rotatable bonds is 9. The van der Waals surface area contributed by atoms with Crippen LogP contribution in [0.1, 0.15) is 47.0 Å². The third-order valence-corrected chi connectivity index (χ3v) is 5.00. The van der Waals surface area contributed by atoms with Crippen LogP contribution in [-0.4, -0.2) is 41.2 Å². The van der Waals surface area contributed by atoms with E-state index in [1.807, 2.05) is 0 Å². The normalized spacial score (nSPS) is 10.6. The van der Waals surface area contributed by atoms with Crippen molar-refractivity contribution in [1.82, 2.24) is 15.1 Å². The Kier molecular flexibility index (Phi) is 7.91. The van der Waals surface area contributed by atoms with Gasteiger partial charge in [-0.15, -0.1) is 0 Å². The van der Waals surface area contributed by atoms with Gasteiger partial charge in [0.15, 0.2) is 12.3 Å². The van der Waals surface area contributed by atoms with Gasteiger partial charge in [-0.25, -0.2) is 9.48 Å². The lowest BCUT2D eigenvalue weighted by Crippen LogP contribution is -2.28. The SMILES string of the molecule is CCCCCn1nc(C(=O)OCC(=O)Nc2cccc(C(=O)NC)c2)c2ccccc2c1=O. The maximum Gasteiger partial charge on any atom is 0.359 e. The van der Waals surface area contributed by atoms with E-state index in [1.54, 1.807) is 42.5 Å². The Labute approximate surface area is 190 Å². The second kappa shape index (κ2) is 11.0. The lowest BCUT2D eigenvalue weighted by atomic mass is 10.1. The number of aryl methyl sites for hydroxylation is 1. The molecule has 0 fully saturated rings. The molecular formula is C24H26N4O5. The van der Waals surface area contributed by atoms with Crippen molar-refractivity contribution in [3.63, 3.8) is 0 Å². The van der Waals surface area contributed by atoms with E-state index in [4.69, 9.17) is 4.74 Å². The molecule has 0 aliphatic rings. The van der Waals surface area contributed by atoms with Crippen molar-refractivity contribution in [3.8, 4) is 0 Å². The van der Waals surface area contributed by atoms with Crippen molar-refractivity contribution in [3.05, 3.63) is 70.1 Å². The molecule has 33 heavy (non-hydrogen) atoms. The topological polar surface area (TPSA) is 119 Å². The number of carbonyl (C=O) groups excluding carboxylic acids is 3. The fourth-order valence-electron chi connectivity index (χ4n) is 3.33. The number of benzene rings is 2. The molecule has 1 heterocycles. The van der Waals surface area contributed by atoms with Crippen LogP contribution in [0.2, 0.25) is 0 Å². The molecule has 0 radical (unpaired) electrons. The number of amides is 2. The second-order valence-electron chi connectivity index (χ2n) is 7.41. The van der Waals surface area contributed by atoms with Gasteiger partial charge in [-0.2, -0.15) is 5.10 Å². The molecule has 172 valence electrons. The van der Waals surface area contributed by atoms with Gasteiger partial charge in [-0.3, -0.25) is 14.4 Å². The zero-order valence-corrected chi connectivity index (χ0v) is 18.6. The molecular weight excluding hydrogens is 424 g/mol. The Morgan fingerprint density at radius 3 is 2.52 bits per heavy atom. The van der Waals surface area contributed by atoms with Crippen LogP contribution >= 0.6 is 0 Å². The average molecular weight is 450 g/mol. The molecule has 0 aliphatic carbocycles. The molecule has 0 spiro atoms. The van der Waals surface area contributed by atoms with E-state index in [9.17, 15) is 19.2 Å². The molecule has 9 nitrogen and oxygen atoms in total. The minimum absolute atomic E-state index is 0.0175. The van der Waals surface area contributed by atoms with Gasteiger partial charge in [0, 0.05) is 30.2 Å². The lowest BCUT2D eigenvalue weighted by Gasteiger charge is -2.11. The highest BCUT2D eigenvalue weighted by Crippen LogP contribution is 2.15. The Balaban J connectivity index is 1.74. The summed E-state index contributed by atoms with van der Waals surface area (Å²) >= 11 is 0. The van der Waals surface area contributed by atoms with Crippen LogP contribution in [0.15, 0.2) is 53.3 Å².